The summed E-state index contributed by atoms with van der Waals surface area (Å²) in [7, 11) is 0. The molecule has 0 fully saturated rings. The minimum Gasteiger partial charge on any atom is -0.374 e. The molecule has 0 saturated heterocycles. The molecular formula is C12H13FN4O2. The summed E-state index contributed by atoms with van der Waals surface area (Å²) in [5, 5.41) is 13.7. The second-order valence-electron chi connectivity index (χ2n) is 3.94. The number of nitro benzene ring substituents is 1. The van der Waals surface area contributed by atoms with E-state index in [9.17, 15) is 14.5 Å². The van der Waals surface area contributed by atoms with E-state index in [1.807, 2.05) is 11.5 Å². The van der Waals surface area contributed by atoms with Crippen LogP contribution in [-0.4, -0.2) is 14.5 Å². The van der Waals surface area contributed by atoms with Crippen molar-refractivity contribution in [2.24, 2.45) is 0 Å². The highest BCUT2D eigenvalue weighted by atomic mass is 19.1. The van der Waals surface area contributed by atoms with Gasteiger partial charge in [0, 0.05) is 24.9 Å². The van der Waals surface area contributed by atoms with Gasteiger partial charge in [0.05, 0.1) is 23.5 Å². The smallest absolute Gasteiger partial charge is 0.292 e. The highest BCUT2D eigenvalue weighted by Crippen LogP contribution is 2.25. The maximum Gasteiger partial charge on any atom is 0.292 e. The number of aromatic nitrogens is 2. The zero-order valence-corrected chi connectivity index (χ0v) is 10.3. The van der Waals surface area contributed by atoms with Gasteiger partial charge < -0.3 is 9.88 Å². The van der Waals surface area contributed by atoms with Crippen LogP contribution in [-0.2, 0) is 13.1 Å². The van der Waals surface area contributed by atoms with Crippen LogP contribution in [0.2, 0.25) is 0 Å². The molecule has 2 aromatic rings. The average Bonchev–Trinajstić information content (AvgIpc) is 2.83. The predicted molar refractivity (Wildman–Crippen MR) is 68.3 cm³/mol. The van der Waals surface area contributed by atoms with Gasteiger partial charge in [-0.15, -0.1) is 0 Å². The topological polar surface area (TPSA) is 73.0 Å². The Morgan fingerprint density at radius 3 is 3.00 bits per heavy atom. The summed E-state index contributed by atoms with van der Waals surface area (Å²) in [5.41, 5.74) is 0.888. The lowest BCUT2D eigenvalue weighted by molar-refractivity contribution is -0.384. The number of nitro groups is 1. The maximum absolute atomic E-state index is 13.1. The van der Waals surface area contributed by atoms with Crippen LogP contribution in [0.4, 0.5) is 15.8 Å². The number of hydrogen-bond acceptors (Lipinski definition) is 4. The third-order valence-corrected chi connectivity index (χ3v) is 2.75. The number of benzene rings is 1. The third-order valence-electron chi connectivity index (χ3n) is 2.75. The Morgan fingerprint density at radius 2 is 2.32 bits per heavy atom. The summed E-state index contributed by atoms with van der Waals surface area (Å²) in [6.45, 7) is 3.07. The van der Waals surface area contributed by atoms with Crippen LogP contribution in [0.1, 0.15) is 12.6 Å². The molecule has 0 atom stereocenters. The standard InChI is InChI=1S/C12H13FN4O2/c1-2-16-8-14-6-10(16)7-15-11-5-9(13)3-4-12(11)17(18)19/h3-6,8,15H,2,7H2,1H3. The van der Waals surface area contributed by atoms with Crippen LogP contribution in [0.15, 0.2) is 30.7 Å². The molecule has 1 N–H and O–H groups in total. The molecule has 1 aromatic carbocycles. The molecule has 2 rings (SSSR count). The summed E-state index contributed by atoms with van der Waals surface area (Å²) < 4.78 is 15.0. The first kappa shape index (κ1) is 13.0. The number of nitrogens with one attached hydrogen (secondary N) is 1. The van der Waals surface area contributed by atoms with Crippen LogP contribution >= 0.6 is 0 Å². The Balaban J connectivity index is 2.19. The molecular weight excluding hydrogens is 251 g/mol. The van der Waals surface area contributed by atoms with E-state index < -0.39 is 10.7 Å². The first-order valence-electron chi connectivity index (χ1n) is 5.78. The summed E-state index contributed by atoms with van der Waals surface area (Å²) in [6.07, 6.45) is 3.35. The Morgan fingerprint density at radius 1 is 1.53 bits per heavy atom. The Labute approximate surface area is 109 Å². The number of anilines is 1. The predicted octanol–water partition coefficient (Wildman–Crippen LogP) is 2.56. The molecule has 7 heteroatoms. The van der Waals surface area contributed by atoms with Crippen LogP contribution < -0.4 is 5.32 Å². The van der Waals surface area contributed by atoms with Crippen molar-refractivity contribution < 1.29 is 9.31 Å². The number of nitrogens with zero attached hydrogens (tertiary/aromatic N) is 3. The zero-order valence-electron chi connectivity index (χ0n) is 10.3. The number of hydrogen-bond donors (Lipinski definition) is 1. The fraction of sp³-hybridized carbons (Fsp3) is 0.250. The lowest BCUT2D eigenvalue weighted by Crippen LogP contribution is -2.07. The van der Waals surface area contributed by atoms with E-state index in [0.29, 0.717) is 6.54 Å². The largest absolute Gasteiger partial charge is 0.374 e. The van der Waals surface area contributed by atoms with Crippen LogP contribution in [0, 0.1) is 15.9 Å². The third kappa shape index (κ3) is 2.87. The summed E-state index contributed by atoms with van der Waals surface area (Å²) in [4.78, 5) is 14.3. The average molecular weight is 264 g/mol. The zero-order chi connectivity index (χ0) is 13.8. The normalized spacial score (nSPS) is 10.4. The van der Waals surface area contributed by atoms with Crippen molar-refractivity contribution in [2.75, 3.05) is 5.32 Å². The molecule has 0 aliphatic carbocycles. The molecule has 0 spiro atoms. The van der Waals surface area contributed by atoms with Gasteiger partial charge in [-0.05, 0) is 13.0 Å². The maximum atomic E-state index is 13.1. The van der Waals surface area contributed by atoms with E-state index in [0.717, 1.165) is 30.4 Å². The summed E-state index contributed by atoms with van der Waals surface area (Å²) in [6, 6.07) is 3.33. The van der Waals surface area contributed by atoms with Gasteiger partial charge in [0.2, 0.25) is 0 Å². The van der Waals surface area contributed by atoms with Crippen molar-refractivity contribution in [2.45, 2.75) is 20.0 Å². The molecule has 0 radical (unpaired) electrons. The Kier molecular flexibility index (Phi) is 3.74. The van der Waals surface area contributed by atoms with E-state index >= 15 is 0 Å². The van der Waals surface area contributed by atoms with Gasteiger partial charge in [-0.25, -0.2) is 9.37 Å². The molecule has 100 valence electrons. The molecule has 0 saturated carbocycles. The SMILES string of the molecule is CCn1cncc1CNc1cc(F)ccc1[N+](=O)[O-]. The first-order chi connectivity index (χ1) is 9.11. The van der Waals surface area contributed by atoms with E-state index in [1.54, 1.807) is 12.5 Å². The van der Waals surface area contributed by atoms with Gasteiger partial charge in [-0.2, -0.15) is 0 Å². The molecule has 6 nitrogen and oxygen atoms in total. The second-order valence-corrected chi connectivity index (χ2v) is 3.94. The van der Waals surface area contributed by atoms with Crippen molar-refractivity contribution in [3.05, 3.63) is 52.3 Å². The highest BCUT2D eigenvalue weighted by Gasteiger charge is 2.14. The van der Waals surface area contributed by atoms with Gasteiger partial charge >= 0.3 is 0 Å². The molecule has 1 aromatic heterocycles. The van der Waals surface area contributed by atoms with Gasteiger partial charge in [-0.1, -0.05) is 0 Å². The molecule has 0 unspecified atom stereocenters. The quantitative estimate of drug-likeness (QED) is 0.665. The lowest BCUT2D eigenvalue weighted by atomic mass is 10.2. The van der Waals surface area contributed by atoms with Gasteiger partial charge in [0.15, 0.2) is 0 Å². The minimum atomic E-state index is -0.543. The second kappa shape index (κ2) is 5.47. The molecule has 0 amide bonds. The van der Waals surface area contributed by atoms with Crippen molar-refractivity contribution in [3.8, 4) is 0 Å². The fourth-order valence-electron chi connectivity index (χ4n) is 1.77. The van der Waals surface area contributed by atoms with Crippen molar-refractivity contribution in [1.82, 2.24) is 9.55 Å². The Bertz CT molecular complexity index is 597. The number of aryl methyl sites for hydroxylation is 1. The number of imidazole rings is 1. The van der Waals surface area contributed by atoms with E-state index in [1.165, 1.54) is 0 Å². The first-order valence-corrected chi connectivity index (χ1v) is 5.78. The number of halogens is 1. The summed E-state index contributed by atoms with van der Waals surface area (Å²) in [5.74, 6) is -0.517. The molecule has 0 aliphatic rings. The van der Waals surface area contributed by atoms with Gasteiger partial charge in [0.1, 0.15) is 11.5 Å². The van der Waals surface area contributed by atoms with E-state index in [4.69, 9.17) is 0 Å². The monoisotopic (exact) mass is 264 g/mol. The van der Waals surface area contributed by atoms with Crippen LogP contribution in [0.5, 0.6) is 0 Å². The van der Waals surface area contributed by atoms with Crippen LogP contribution in [0.3, 0.4) is 0 Å². The molecule has 0 aliphatic heterocycles. The van der Waals surface area contributed by atoms with Crippen LogP contribution in [0.25, 0.3) is 0 Å². The lowest BCUT2D eigenvalue weighted by Gasteiger charge is -2.08. The van der Waals surface area contributed by atoms with E-state index in [2.05, 4.69) is 10.3 Å². The summed E-state index contributed by atoms with van der Waals surface area (Å²) >= 11 is 0. The molecule has 0 bridgehead atoms. The highest BCUT2D eigenvalue weighted by molar-refractivity contribution is 5.61. The van der Waals surface area contributed by atoms with Crippen molar-refractivity contribution >= 4 is 11.4 Å². The van der Waals surface area contributed by atoms with Gasteiger partial charge in [-0.3, -0.25) is 10.1 Å². The Hall–Kier alpha value is -2.44. The minimum absolute atomic E-state index is 0.149. The molecule has 19 heavy (non-hydrogen) atoms. The number of rotatable bonds is 5. The molecule has 1 heterocycles. The van der Waals surface area contributed by atoms with E-state index in [-0.39, 0.29) is 11.4 Å². The van der Waals surface area contributed by atoms with Crippen molar-refractivity contribution in [3.63, 3.8) is 0 Å². The fourth-order valence-corrected chi connectivity index (χ4v) is 1.77. The van der Waals surface area contributed by atoms with Crippen molar-refractivity contribution in [1.29, 1.82) is 0 Å². The van der Waals surface area contributed by atoms with Gasteiger partial charge in [0.25, 0.3) is 5.69 Å².